The summed E-state index contributed by atoms with van der Waals surface area (Å²) in [6.45, 7) is -0.389. The first-order valence-corrected chi connectivity index (χ1v) is 10.4. The van der Waals surface area contributed by atoms with Crippen LogP contribution in [0.15, 0.2) is 51.7 Å². The van der Waals surface area contributed by atoms with Gasteiger partial charge in [0.2, 0.25) is 0 Å². The van der Waals surface area contributed by atoms with Crippen LogP contribution in [0.5, 0.6) is 11.5 Å². The summed E-state index contributed by atoms with van der Waals surface area (Å²) in [6.07, 6.45) is 3.62. The van der Waals surface area contributed by atoms with Crippen molar-refractivity contribution >= 4 is 22.8 Å². The van der Waals surface area contributed by atoms with Gasteiger partial charge in [0.05, 0.1) is 0 Å². The lowest BCUT2D eigenvalue weighted by Gasteiger charge is -2.17. The zero-order valence-electron chi connectivity index (χ0n) is 17.3. The highest BCUT2D eigenvalue weighted by Gasteiger charge is 2.21. The molecule has 0 spiro atoms. The van der Waals surface area contributed by atoms with Gasteiger partial charge in [-0.05, 0) is 61.1 Å². The van der Waals surface area contributed by atoms with Crippen molar-refractivity contribution < 1.29 is 29.0 Å². The van der Waals surface area contributed by atoms with Crippen LogP contribution in [0, 0.1) is 0 Å². The van der Waals surface area contributed by atoms with E-state index < -0.39 is 17.9 Å². The number of phenolic OH excluding ortho intramolecular Hbond substituents is 1. The summed E-state index contributed by atoms with van der Waals surface area (Å²) in [5.41, 5.74) is 2.49. The number of carboxylic acid groups (broad SMARTS) is 1. The van der Waals surface area contributed by atoms with E-state index in [-0.39, 0.29) is 24.4 Å². The molecule has 1 unspecified atom stereocenters. The quantitative estimate of drug-likeness (QED) is 0.485. The number of aromatic hydroxyl groups is 1. The first-order valence-electron chi connectivity index (χ1n) is 10.4. The van der Waals surface area contributed by atoms with Crippen molar-refractivity contribution in [1.29, 1.82) is 0 Å². The number of aryl methyl sites for hydroxylation is 1. The monoisotopic (exact) mass is 437 g/mol. The van der Waals surface area contributed by atoms with Crippen molar-refractivity contribution in [2.45, 2.75) is 38.1 Å². The average molecular weight is 437 g/mol. The predicted molar refractivity (Wildman–Crippen MR) is 116 cm³/mol. The highest BCUT2D eigenvalue weighted by Crippen LogP contribution is 2.29. The minimum absolute atomic E-state index is 0.0631. The van der Waals surface area contributed by atoms with Crippen molar-refractivity contribution in [1.82, 2.24) is 5.32 Å². The molecular weight excluding hydrogens is 414 g/mol. The molecule has 32 heavy (non-hydrogen) atoms. The maximum absolute atomic E-state index is 12.3. The molecule has 0 fully saturated rings. The number of aliphatic carboxylic acids is 1. The second kappa shape index (κ2) is 9.13. The summed E-state index contributed by atoms with van der Waals surface area (Å²) in [7, 11) is 0. The van der Waals surface area contributed by atoms with Crippen molar-refractivity contribution in [2.24, 2.45) is 0 Å². The third-order valence-electron chi connectivity index (χ3n) is 5.57. The van der Waals surface area contributed by atoms with Crippen LogP contribution in [0.2, 0.25) is 0 Å². The van der Waals surface area contributed by atoms with Gasteiger partial charge in [-0.15, -0.1) is 0 Å². The summed E-state index contributed by atoms with van der Waals surface area (Å²) < 4.78 is 11.0. The van der Waals surface area contributed by atoms with Crippen LogP contribution in [0.3, 0.4) is 0 Å². The highest BCUT2D eigenvalue weighted by molar-refractivity contribution is 5.85. The second-order valence-electron chi connectivity index (χ2n) is 7.83. The lowest BCUT2D eigenvalue weighted by atomic mass is 9.91. The molecule has 1 aliphatic rings. The van der Waals surface area contributed by atoms with Crippen molar-refractivity contribution in [3.8, 4) is 11.5 Å². The number of ether oxygens (including phenoxy) is 1. The summed E-state index contributed by atoms with van der Waals surface area (Å²) in [5.74, 6) is -1.35. The number of phenols is 1. The number of carbonyl (C=O) groups is 2. The standard InChI is InChI=1S/C24H23NO7/c26-15-7-5-14(6-8-15)11-20(23(28)29)25-22(27)13-31-16-9-10-18-17-3-1-2-4-19(17)24(30)32-21(18)12-16/h5-10,12,20,26H,1-4,11,13H2,(H,25,27)(H,28,29). The molecule has 0 aliphatic heterocycles. The first kappa shape index (κ1) is 21.4. The molecule has 1 amide bonds. The largest absolute Gasteiger partial charge is 0.508 e. The summed E-state index contributed by atoms with van der Waals surface area (Å²) in [4.78, 5) is 36.1. The highest BCUT2D eigenvalue weighted by atomic mass is 16.5. The molecule has 1 atom stereocenters. The zero-order valence-corrected chi connectivity index (χ0v) is 17.3. The van der Waals surface area contributed by atoms with E-state index in [0.29, 0.717) is 16.9 Å². The number of carboxylic acids is 1. The SMILES string of the molecule is O=C(COc1ccc2c3c(c(=O)oc2c1)CCCC3)NC(Cc1ccc(O)cc1)C(=O)O. The molecule has 1 aromatic heterocycles. The van der Waals surface area contributed by atoms with Crippen LogP contribution in [-0.4, -0.2) is 34.7 Å². The van der Waals surface area contributed by atoms with Gasteiger partial charge in [0.25, 0.3) is 5.91 Å². The Kier molecular flexibility index (Phi) is 6.11. The van der Waals surface area contributed by atoms with Crippen LogP contribution in [0.4, 0.5) is 0 Å². The molecule has 1 aliphatic carbocycles. The third kappa shape index (κ3) is 4.74. The minimum atomic E-state index is -1.18. The Morgan fingerprint density at radius 2 is 1.78 bits per heavy atom. The van der Waals surface area contributed by atoms with Gasteiger partial charge in [0, 0.05) is 23.4 Å². The molecule has 0 bridgehead atoms. The molecule has 0 saturated carbocycles. The fraction of sp³-hybridized carbons (Fsp3) is 0.292. The zero-order chi connectivity index (χ0) is 22.7. The number of rotatable bonds is 7. The Morgan fingerprint density at radius 3 is 2.50 bits per heavy atom. The third-order valence-corrected chi connectivity index (χ3v) is 5.57. The maximum Gasteiger partial charge on any atom is 0.339 e. The second-order valence-corrected chi connectivity index (χ2v) is 7.83. The van der Waals surface area contributed by atoms with E-state index >= 15 is 0 Å². The Balaban J connectivity index is 1.42. The first-order chi connectivity index (χ1) is 15.4. The average Bonchev–Trinajstić information content (AvgIpc) is 2.78. The van der Waals surface area contributed by atoms with Gasteiger partial charge < -0.3 is 24.7 Å². The number of benzene rings is 2. The van der Waals surface area contributed by atoms with Gasteiger partial charge in [-0.3, -0.25) is 4.79 Å². The van der Waals surface area contributed by atoms with E-state index in [4.69, 9.17) is 9.15 Å². The Bertz CT molecular complexity index is 1210. The van der Waals surface area contributed by atoms with E-state index in [1.54, 1.807) is 24.3 Å². The molecule has 166 valence electrons. The fourth-order valence-corrected chi connectivity index (χ4v) is 3.97. The van der Waals surface area contributed by atoms with Gasteiger partial charge in [-0.1, -0.05) is 12.1 Å². The molecule has 3 aromatic rings. The number of fused-ring (bicyclic) bond motifs is 3. The van der Waals surface area contributed by atoms with E-state index in [1.807, 2.05) is 6.07 Å². The molecule has 4 rings (SSSR count). The number of hydrogen-bond acceptors (Lipinski definition) is 6. The lowest BCUT2D eigenvalue weighted by molar-refractivity contribution is -0.142. The Labute approximate surface area is 183 Å². The van der Waals surface area contributed by atoms with Crippen LogP contribution >= 0.6 is 0 Å². The van der Waals surface area contributed by atoms with Gasteiger partial charge in [0.1, 0.15) is 23.1 Å². The number of hydrogen-bond donors (Lipinski definition) is 3. The van der Waals surface area contributed by atoms with Gasteiger partial charge in [-0.2, -0.15) is 0 Å². The smallest absolute Gasteiger partial charge is 0.339 e. The van der Waals surface area contributed by atoms with E-state index in [2.05, 4.69) is 5.32 Å². The van der Waals surface area contributed by atoms with Gasteiger partial charge in [-0.25, -0.2) is 9.59 Å². The lowest BCUT2D eigenvalue weighted by Crippen LogP contribution is -2.44. The van der Waals surface area contributed by atoms with E-state index in [1.165, 1.54) is 12.1 Å². The number of nitrogens with one attached hydrogen (secondary N) is 1. The van der Waals surface area contributed by atoms with Crippen LogP contribution in [0.25, 0.3) is 11.0 Å². The van der Waals surface area contributed by atoms with Gasteiger partial charge in [0.15, 0.2) is 6.61 Å². The molecule has 8 heteroatoms. The molecule has 1 heterocycles. The predicted octanol–water partition coefficient (Wildman–Crippen LogP) is 2.57. The van der Waals surface area contributed by atoms with Crippen molar-refractivity contribution in [3.63, 3.8) is 0 Å². The normalized spacial score (nSPS) is 13.9. The number of carbonyl (C=O) groups excluding carboxylic acids is 1. The molecule has 8 nitrogen and oxygen atoms in total. The topological polar surface area (TPSA) is 126 Å². The van der Waals surface area contributed by atoms with E-state index in [9.17, 15) is 24.6 Å². The Hall–Kier alpha value is -3.81. The van der Waals surface area contributed by atoms with Crippen molar-refractivity contribution in [3.05, 3.63) is 69.6 Å². The molecule has 3 N–H and O–H groups in total. The maximum atomic E-state index is 12.3. The summed E-state index contributed by atoms with van der Waals surface area (Å²) >= 11 is 0. The minimum Gasteiger partial charge on any atom is -0.508 e. The molecule has 2 aromatic carbocycles. The van der Waals surface area contributed by atoms with Crippen LogP contribution in [-0.2, 0) is 28.9 Å². The Morgan fingerprint density at radius 1 is 1.06 bits per heavy atom. The summed E-state index contributed by atoms with van der Waals surface area (Å²) in [5, 5.41) is 22.1. The van der Waals surface area contributed by atoms with Gasteiger partial charge >= 0.3 is 11.6 Å². The van der Waals surface area contributed by atoms with E-state index in [0.717, 1.165) is 42.2 Å². The molecule has 0 radical (unpaired) electrons. The van der Waals surface area contributed by atoms with Crippen molar-refractivity contribution in [2.75, 3.05) is 6.61 Å². The fourth-order valence-electron chi connectivity index (χ4n) is 3.97. The molecular formula is C24H23NO7. The number of amides is 1. The van der Waals surface area contributed by atoms with Crippen LogP contribution < -0.4 is 15.7 Å². The molecule has 0 saturated heterocycles. The summed E-state index contributed by atoms with van der Waals surface area (Å²) in [6, 6.07) is 10.0. The van der Waals surface area contributed by atoms with Crippen LogP contribution in [0.1, 0.15) is 29.5 Å².